The highest BCUT2D eigenvalue weighted by Crippen LogP contribution is 2.20. The molecule has 4 nitrogen and oxygen atoms in total. The standard InChI is InChI=1S/C27H27NO3/c1-3-28(4-2)27(30)20-31-25-17-15-24(16-18-25)26(29)19-12-21-10-13-23(14-11-21)22-8-6-5-7-9-22/h5-19H,3-4,20H2,1-2H3/b19-12+. The van der Waals surface area contributed by atoms with Crippen LogP contribution in [0, 0.1) is 0 Å². The summed E-state index contributed by atoms with van der Waals surface area (Å²) in [7, 11) is 0. The van der Waals surface area contributed by atoms with Crippen LogP contribution in [0.3, 0.4) is 0 Å². The Kier molecular flexibility index (Phi) is 7.77. The van der Waals surface area contributed by atoms with Crippen molar-refractivity contribution < 1.29 is 14.3 Å². The lowest BCUT2D eigenvalue weighted by molar-refractivity contribution is -0.132. The summed E-state index contributed by atoms with van der Waals surface area (Å²) in [5.41, 5.74) is 3.83. The van der Waals surface area contributed by atoms with E-state index in [4.69, 9.17) is 4.74 Å². The Balaban J connectivity index is 1.56. The maximum Gasteiger partial charge on any atom is 0.260 e. The van der Waals surface area contributed by atoms with E-state index in [2.05, 4.69) is 12.1 Å². The number of nitrogens with zero attached hydrogens (tertiary/aromatic N) is 1. The van der Waals surface area contributed by atoms with Crippen LogP contribution in [0.15, 0.2) is 84.9 Å². The lowest BCUT2D eigenvalue weighted by atomic mass is 10.0. The van der Waals surface area contributed by atoms with Crippen LogP contribution < -0.4 is 4.74 Å². The molecule has 0 atom stereocenters. The Bertz CT molecular complexity index is 1020. The Morgan fingerprint density at radius 1 is 0.806 bits per heavy atom. The zero-order valence-corrected chi connectivity index (χ0v) is 18.0. The molecule has 158 valence electrons. The lowest BCUT2D eigenvalue weighted by Crippen LogP contribution is -2.34. The van der Waals surface area contributed by atoms with Gasteiger partial charge >= 0.3 is 0 Å². The number of hydrogen-bond donors (Lipinski definition) is 0. The monoisotopic (exact) mass is 413 g/mol. The summed E-state index contributed by atoms with van der Waals surface area (Å²) >= 11 is 0. The van der Waals surface area contributed by atoms with E-state index in [-0.39, 0.29) is 18.3 Å². The molecule has 0 bridgehead atoms. The van der Waals surface area contributed by atoms with Crippen molar-refractivity contribution in [3.8, 4) is 16.9 Å². The third-order valence-corrected chi connectivity index (χ3v) is 5.06. The van der Waals surface area contributed by atoms with Crippen molar-refractivity contribution >= 4 is 17.8 Å². The molecule has 4 heteroatoms. The zero-order valence-electron chi connectivity index (χ0n) is 18.0. The van der Waals surface area contributed by atoms with Gasteiger partial charge in [0.25, 0.3) is 5.91 Å². The molecule has 1 amide bonds. The second-order valence-corrected chi connectivity index (χ2v) is 7.06. The highest BCUT2D eigenvalue weighted by molar-refractivity contribution is 6.06. The van der Waals surface area contributed by atoms with Gasteiger partial charge in [-0.15, -0.1) is 0 Å². The Labute approximate surface area is 183 Å². The van der Waals surface area contributed by atoms with Gasteiger partial charge in [0.15, 0.2) is 12.4 Å². The van der Waals surface area contributed by atoms with Gasteiger partial charge in [-0.2, -0.15) is 0 Å². The molecule has 0 aliphatic heterocycles. The first-order valence-corrected chi connectivity index (χ1v) is 10.5. The van der Waals surface area contributed by atoms with Crippen LogP contribution in [0.2, 0.25) is 0 Å². The molecular weight excluding hydrogens is 386 g/mol. The third-order valence-electron chi connectivity index (χ3n) is 5.06. The molecule has 0 saturated heterocycles. The summed E-state index contributed by atoms with van der Waals surface area (Å²) in [6.45, 7) is 5.19. The van der Waals surface area contributed by atoms with Gasteiger partial charge in [-0.25, -0.2) is 0 Å². The van der Waals surface area contributed by atoms with Gasteiger partial charge in [-0.3, -0.25) is 9.59 Å². The van der Waals surface area contributed by atoms with Gasteiger partial charge in [-0.1, -0.05) is 60.7 Å². The van der Waals surface area contributed by atoms with Crippen molar-refractivity contribution in [2.45, 2.75) is 13.8 Å². The van der Waals surface area contributed by atoms with Crippen LogP contribution in [-0.2, 0) is 4.79 Å². The number of rotatable bonds is 9. The molecule has 0 radical (unpaired) electrons. The van der Waals surface area contributed by atoms with Crippen LogP contribution in [0.5, 0.6) is 5.75 Å². The molecule has 0 aliphatic carbocycles. The van der Waals surface area contributed by atoms with E-state index >= 15 is 0 Å². The van der Waals surface area contributed by atoms with E-state index in [0.717, 1.165) is 16.7 Å². The maximum atomic E-state index is 12.5. The van der Waals surface area contributed by atoms with Crippen molar-refractivity contribution in [1.82, 2.24) is 4.90 Å². The van der Waals surface area contributed by atoms with Crippen molar-refractivity contribution in [2.75, 3.05) is 19.7 Å². The van der Waals surface area contributed by atoms with E-state index in [1.807, 2.05) is 62.4 Å². The number of carbonyl (C=O) groups is 2. The smallest absolute Gasteiger partial charge is 0.260 e. The number of ketones is 1. The van der Waals surface area contributed by atoms with Gasteiger partial charge in [-0.05, 0) is 60.9 Å². The number of amides is 1. The van der Waals surface area contributed by atoms with Gasteiger partial charge in [0.05, 0.1) is 0 Å². The molecule has 0 N–H and O–H groups in total. The number of ether oxygens (including phenoxy) is 1. The van der Waals surface area contributed by atoms with Gasteiger partial charge in [0.1, 0.15) is 5.75 Å². The first kappa shape index (κ1) is 22.0. The number of carbonyl (C=O) groups excluding carboxylic acids is 2. The summed E-state index contributed by atoms with van der Waals surface area (Å²) in [4.78, 5) is 26.2. The Morgan fingerprint density at radius 3 is 2.03 bits per heavy atom. The van der Waals surface area contributed by atoms with E-state index < -0.39 is 0 Å². The van der Waals surface area contributed by atoms with E-state index in [9.17, 15) is 9.59 Å². The maximum absolute atomic E-state index is 12.5. The number of likely N-dealkylation sites (N-methyl/N-ethyl adjacent to an activating group) is 1. The molecule has 0 aromatic heterocycles. The van der Waals surface area contributed by atoms with Crippen LogP contribution >= 0.6 is 0 Å². The van der Waals surface area contributed by atoms with Crippen molar-refractivity contribution in [1.29, 1.82) is 0 Å². The van der Waals surface area contributed by atoms with Gasteiger partial charge < -0.3 is 9.64 Å². The molecule has 31 heavy (non-hydrogen) atoms. The molecule has 0 heterocycles. The van der Waals surface area contributed by atoms with E-state index in [1.165, 1.54) is 0 Å². The molecule has 0 unspecified atom stereocenters. The van der Waals surface area contributed by atoms with Gasteiger partial charge in [0, 0.05) is 18.7 Å². The molecule has 0 aliphatic rings. The van der Waals surface area contributed by atoms with Crippen molar-refractivity contribution in [2.24, 2.45) is 0 Å². The Hall–Kier alpha value is -3.66. The minimum Gasteiger partial charge on any atom is -0.484 e. The average molecular weight is 414 g/mol. The molecule has 0 fully saturated rings. The van der Waals surface area contributed by atoms with Crippen LogP contribution in [0.25, 0.3) is 17.2 Å². The number of allylic oxidation sites excluding steroid dienone is 1. The lowest BCUT2D eigenvalue weighted by Gasteiger charge is -2.18. The van der Waals surface area contributed by atoms with Crippen LogP contribution in [0.1, 0.15) is 29.8 Å². The quantitative estimate of drug-likeness (QED) is 0.344. The second kappa shape index (κ2) is 10.9. The molecule has 0 spiro atoms. The molecule has 3 aromatic carbocycles. The summed E-state index contributed by atoms with van der Waals surface area (Å²) in [5.74, 6) is 0.432. The molecule has 0 saturated carbocycles. The van der Waals surface area contributed by atoms with Crippen LogP contribution in [-0.4, -0.2) is 36.3 Å². The fourth-order valence-corrected chi connectivity index (χ4v) is 3.21. The summed E-state index contributed by atoms with van der Waals surface area (Å²) in [6, 6.07) is 25.1. The predicted octanol–water partition coefficient (Wildman–Crippen LogP) is 5.50. The van der Waals surface area contributed by atoms with Gasteiger partial charge in [0.2, 0.25) is 0 Å². The Morgan fingerprint density at radius 2 is 1.42 bits per heavy atom. The highest BCUT2D eigenvalue weighted by Gasteiger charge is 2.10. The largest absolute Gasteiger partial charge is 0.484 e. The summed E-state index contributed by atoms with van der Waals surface area (Å²) < 4.78 is 5.54. The number of benzene rings is 3. The highest BCUT2D eigenvalue weighted by atomic mass is 16.5. The fraction of sp³-hybridized carbons (Fsp3) is 0.185. The SMILES string of the molecule is CCN(CC)C(=O)COc1ccc(C(=O)/C=C/c2ccc(-c3ccccc3)cc2)cc1. The second-order valence-electron chi connectivity index (χ2n) is 7.06. The minimum atomic E-state index is -0.0853. The first-order chi connectivity index (χ1) is 15.1. The molecular formula is C27H27NO3. The fourth-order valence-electron chi connectivity index (χ4n) is 3.21. The summed E-state index contributed by atoms with van der Waals surface area (Å²) in [6.07, 6.45) is 3.38. The molecule has 3 rings (SSSR count). The number of hydrogen-bond acceptors (Lipinski definition) is 3. The van der Waals surface area contributed by atoms with E-state index in [1.54, 1.807) is 35.2 Å². The third kappa shape index (κ3) is 6.16. The van der Waals surface area contributed by atoms with E-state index in [0.29, 0.717) is 24.4 Å². The predicted molar refractivity (Wildman–Crippen MR) is 125 cm³/mol. The minimum absolute atomic E-state index is 0.00610. The summed E-state index contributed by atoms with van der Waals surface area (Å²) in [5, 5.41) is 0. The van der Waals surface area contributed by atoms with Crippen molar-refractivity contribution in [3.05, 3.63) is 96.1 Å². The van der Waals surface area contributed by atoms with Crippen molar-refractivity contribution in [3.63, 3.8) is 0 Å². The topological polar surface area (TPSA) is 46.6 Å². The average Bonchev–Trinajstić information content (AvgIpc) is 2.83. The first-order valence-electron chi connectivity index (χ1n) is 10.5. The van der Waals surface area contributed by atoms with Crippen LogP contribution in [0.4, 0.5) is 0 Å². The molecule has 3 aromatic rings. The zero-order chi connectivity index (χ0) is 22.1. The normalized spacial score (nSPS) is 10.8.